The number of hydrogen-bond acceptors (Lipinski definition) is 2. The number of nitrogens with one attached hydrogen (secondary N) is 1. The van der Waals surface area contributed by atoms with E-state index in [0.717, 1.165) is 12.3 Å². The minimum absolute atomic E-state index is 0.616. The summed E-state index contributed by atoms with van der Waals surface area (Å²) in [5, 5.41) is 3.58. The van der Waals surface area contributed by atoms with E-state index in [4.69, 9.17) is 0 Å². The topological polar surface area (TPSA) is 12.0 Å². The third-order valence-corrected chi connectivity index (χ3v) is 3.79. The van der Waals surface area contributed by atoms with Gasteiger partial charge in [0.2, 0.25) is 0 Å². The van der Waals surface area contributed by atoms with E-state index in [2.05, 4.69) is 47.8 Å². The highest BCUT2D eigenvalue weighted by Crippen LogP contribution is 2.16. The molecule has 86 valence electrons. The second kappa shape index (κ2) is 6.77. The van der Waals surface area contributed by atoms with E-state index in [1.807, 2.05) is 11.8 Å². The van der Waals surface area contributed by atoms with E-state index in [0.29, 0.717) is 6.04 Å². The van der Waals surface area contributed by atoms with Crippen molar-refractivity contribution in [2.24, 2.45) is 0 Å². The summed E-state index contributed by atoms with van der Waals surface area (Å²) >= 11 is 1.92. The van der Waals surface area contributed by atoms with Gasteiger partial charge in [-0.25, -0.2) is 0 Å². The number of thioether (sulfide) groups is 1. The summed E-state index contributed by atoms with van der Waals surface area (Å²) in [6.45, 7) is 1.09. The predicted octanol–water partition coefficient (Wildman–Crippen LogP) is 3.48. The SMILES string of the molecule is C1=CC(NCCSc2ccccc2)CCC1. The Morgan fingerprint density at radius 3 is 2.88 bits per heavy atom. The monoisotopic (exact) mass is 233 g/mol. The third-order valence-electron chi connectivity index (χ3n) is 2.77. The lowest BCUT2D eigenvalue weighted by Gasteiger charge is -2.17. The van der Waals surface area contributed by atoms with Gasteiger partial charge >= 0.3 is 0 Å². The molecular weight excluding hydrogens is 214 g/mol. The van der Waals surface area contributed by atoms with Crippen molar-refractivity contribution >= 4 is 11.8 Å². The zero-order chi connectivity index (χ0) is 11.1. The molecule has 0 spiro atoms. The van der Waals surface area contributed by atoms with Crippen molar-refractivity contribution < 1.29 is 0 Å². The number of hydrogen-bond donors (Lipinski definition) is 1. The molecule has 1 aliphatic rings. The molecule has 0 bridgehead atoms. The number of benzene rings is 1. The van der Waals surface area contributed by atoms with Crippen molar-refractivity contribution in [3.63, 3.8) is 0 Å². The first kappa shape index (κ1) is 11.7. The number of allylic oxidation sites excluding steroid dienone is 1. The summed E-state index contributed by atoms with van der Waals surface area (Å²) in [4.78, 5) is 1.36. The Morgan fingerprint density at radius 2 is 2.12 bits per heavy atom. The van der Waals surface area contributed by atoms with Crippen LogP contribution in [0, 0.1) is 0 Å². The van der Waals surface area contributed by atoms with Crippen molar-refractivity contribution in [3.8, 4) is 0 Å². The highest BCUT2D eigenvalue weighted by molar-refractivity contribution is 7.99. The van der Waals surface area contributed by atoms with Crippen LogP contribution in [-0.2, 0) is 0 Å². The van der Waals surface area contributed by atoms with Crippen molar-refractivity contribution in [1.82, 2.24) is 5.32 Å². The van der Waals surface area contributed by atoms with Crippen LogP contribution >= 0.6 is 11.8 Å². The van der Waals surface area contributed by atoms with Crippen LogP contribution in [0.2, 0.25) is 0 Å². The van der Waals surface area contributed by atoms with Crippen LogP contribution in [0.25, 0.3) is 0 Å². The molecule has 2 heteroatoms. The second-order valence-corrected chi connectivity index (χ2v) is 5.25. The zero-order valence-corrected chi connectivity index (χ0v) is 10.4. The van der Waals surface area contributed by atoms with E-state index >= 15 is 0 Å². The average Bonchev–Trinajstić information content (AvgIpc) is 2.37. The van der Waals surface area contributed by atoms with Crippen LogP contribution in [-0.4, -0.2) is 18.3 Å². The van der Waals surface area contributed by atoms with Gasteiger partial charge in [0.25, 0.3) is 0 Å². The van der Waals surface area contributed by atoms with Gasteiger partial charge in [0.1, 0.15) is 0 Å². The van der Waals surface area contributed by atoms with Crippen molar-refractivity contribution in [1.29, 1.82) is 0 Å². The fourth-order valence-electron chi connectivity index (χ4n) is 1.91. The van der Waals surface area contributed by atoms with Gasteiger partial charge in [0.15, 0.2) is 0 Å². The summed E-state index contributed by atoms with van der Waals surface area (Å²) in [5.41, 5.74) is 0. The summed E-state index contributed by atoms with van der Waals surface area (Å²) < 4.78 is 0. The Bertz CT molecular complexity index is 321. The number of rotatable bonds is 5. The van der Waals surface area contributed by atoms with E-state index in [9.17, 15) is 0 Å². The van der Waals surface area contributed by atoms with Gasteiger partial charge in [0.05, 0.1) is 0 Å². The van der Waals surface area contributed by atoms with E-state index < -0.39 is 0 Å². The van der Waals surface area contributed by atoms with E-state index in [1.165, 1.54) is 24.2 Å². The first-order chi connectivity index (χ1) is 7.95. The minimum Gasteiger partial charge on any atom is -0.310 e. The quantitative estimate of drug-likeness (QED) is 0.475. The van der Waals surface area contributed by atoms with Crippen LogP contribution in [0.1, 0.15) is 19.3 Å². The highest BCUT2D eigenvalue weighted by atomic mass is 32.2. The molecule has 1 nitrogen and oxygen atoms in total. The largest absolute Gasteiger partial charge is 0.310 e. The van der Waals surface area contributed by atoms with Gasteiger partial charge in [-0.15, -0.1) is 11.8 Å². The molecule has 1 atom stereocenters. The van der Waals surface area contributed by atoms with Gasteiger partial charge in [-0.1, -0.05) is 30.4 Å². The summed E-state index contributed by atoms with van der Waals surface area (Å²) in [5.74, 6) is 1.15. The average molecular weight is 233 g/mol. The predicted molar refractivity (Wildman–Crippen MR) is 71.9 cm³/mol. The third kappa shape index (κ3) is 4.03. The molecule has 1 aromatic rings. The fourth-order valence-corrected chi connectivity index (χ4v) is 2.72. The molecule has 0 amide bonds. The van der Waals surface area contributed by atoms with Crippen molar-refractivity contribution in [2.75, 3.05) is 12.3 Å². The summed E-state index contributed by atoms with van der Waals surface area (Å²) in [7, 11) is 0. The smallest absolute Gasteiger partial charge is 0.0250 e. The van der Waals surface area contributed by atoms with E-state index in [-0.39, 0.29) is 0 Å². The lowest BCUT2D eigenvalue weighted by Crippen LogP contribution is -2.30. The van der Waals surface area contributed by atoms with Gasteiger partial charge in [-0.05, 0) is 31.4 Å². The van der Waals surface area contributed by atoms with Crippen molar-refractivity contribution in [2.45, 2.75) is 30.2 Å². The molecule has 1 aliphatic carbocycles. The Kier molecular flexibility index (Phi) is 4.97. The Labute approximate surface area is 102 Å². The highest BCUT2D eigenvalue weighted by Gasteiger charge is 2.06. The van der Waals surface area contributed by atoms with Gasteiger partial charge in [0, 0.05) is 23.2 Å². The van der Waals surface area contributed by atoms with E-state index in [1.54, 1.807) is 0 Å². The normalized spacial score (nSPS) is 19.9. The Hall–Kier alpha value is -0.730. The molecule has 0 saturated carbocycles. The maximum absolute atomic E-state index is 3.58. The molecule has 1 unspecified atom stereocenters. The zero-order valence-electron chi connectivity index (χ0n) is 9.56. The van der Waals surface area contributed by atoms with Gasteiger partial charge < -0.3 is 5.32 Å². The Balaban J connectivity index is 1.61. The minimum atomic E-state index is 0.616. The standard InChI is InChI=1S/C14H19NS/c1-3-7-13(8-4-1)15-11-12-16-14-9-5-2-6-10-14/h2-3,5-7,9-10,13,15H,1,4,8,11-12H2. The van der Waals surface area contributed by atoms with Gasteiger partial charge in [-0.3, -0.25) is 0 Å². The fraction of sp³-hybridized carbons (Fsp3) is 0.429. The molecule has 0 heterocycles. The van der Waals surface area contributed by atoms with Gasteiger partial charge in [-0.2, -0.15) is 0 Å². The molecule has 0 aliphatic heterocycles. The molecule has 2 rings (SSSR count). The van der Waals surface area contributed by atoms with Crippen LogP contribution in [0.4, 0.5) is 0 Å². The van der Waals surface area contributed by atoms with Crippen molar-refractivity contribution in [3.05, 3.63) is 42.5 Å². The molecule has 16 heavy (non-hydrogen) atoms. The Morgan fingerprint density at radius 1 is 1.25 bits per heavy atom. The molecule has 1 aromatic carbocycles. The second-order valence-electron chi connectivity index (χ2n) is 4.08. The van der Waals surface area contributed by atoms with Crippen LogP contribution < -0.4 is 5.32 Å². The van der Waals surface area contributed by atoms with Crippen LogP contribution in [0.5, 0.6) is 0 Å². The summed E-state index contributed by atoms with van der Waals surface area (Å²) in [6.07, 6.45) is 8.51. The maximum atomic E-state index is 3.58. The summed E-state index contributed by atoms with van der Waals surface area (Å²) in [6, 6.07) is 11.2. The molecule has 0 fully saturated rings. The molecule has 0 radical (unpaired) electrons. The lowest BCUT2D eigenvalue weighted by molar-refractivity contribution is 0.539. The first-order valence-electron chi connectivity index (χ1n) is 6.03. The first-order valence-corrected chi connectivity index (χ1v) is 7.01. The molecule has 0 aromatic heterocycles. The van der Waals surface area contributed by atoms with Crippen LogP contribution in [0.3, 0.4) is 0 Å². The van der Waals surface area contributed by atoms with Crippen LogP contribution in [0.15, 0.2) is 47.4 Å². The molecular formula is C14H19NS. The molecule has 0 saturated heterocycles. The molecule has 1 N–H and O–H groups in total. The lowest BCUT2D eigenvalue weighted by atomic mass is 10.0. The maximum Gasteiger partial charge on any atom is 0.0250 e.